The van der Waals surface area contributed by atoms with Crippen molar-refractivity contribution in [1.82, 2.24) is 9.91 Å². The zero-order chi connectivity index (χ0) is 24.9. The molecule has 0 bridgehead atoms. The van der Waals surface area contributed by atoms with Crippen molar-refractivity contribution in [2.24, 2.45) is 5.10 Å². The van der Waals surface area contributed by atoms with E-state index in [9.17, 15) is 14.0 Å². The topological polar surface area (TPSA) is 71.4 Å². The standard InChI is InChI=1S/C27H26FN3O4/c1-30(27(33)19-10-7-11-20(28)14-19)17-26(32)31-24(18-8-5-4-6-9-18)16-23(29-31)22-13-12-21(34-2)15-25(22)35-3/h4-15,24H,16-17H2,1-3H3/t24-/m1/s1. The van der Waals surface area contributed by atoms with Gasteiger partial charge in [-0.05, 0) is 35.9 Å². The second kappa shape index (κ2) is 10.4. The number of hydrazone groups is 1. The van der Waals surface area contributed by atoms with Gasteiger partial charge < -0.3 is 14.4 Å². The molecule has 1 atom stereocenters. The Morgan fingerprint density at radius 1 is 1.03 bits per heavy atom. The number of amides is 2. The van der Waals surface area contributed by atoms with Crippen LogP contribution in [0.3, 0.4) is 0 Å². The molecule has 8 heteroatoms. The second-order valence-electron chi connectivity index (χ2n) is 8.15. The molecular formula is C27H26FN3O4. The Hall–Kier alpha value is -4.20. The van der Waals surface area contributed by atoms with E-state index in [0.717, 1.165) is 17.2 Å². The van der Waals surface area contributed by atoms with Crippen LogP contribution in [-0.4, -0.2) is 55.2 Å². The highest BCUT2D eigenvalue weighted by molar-refractivity contribution is 6.05. The second-order valence-corrected chi connectivity index (χ2v) is 8.15. The molecule has 0 unspecified atom stereocenters. The first-order chi connectivity index (χ1) is 16.9. The summed E-state index contributed by atoms with van der Waals surface area (Å²) < 4.78 is 24.4. The molecule has 1 aliphatic rings. The Morgan fingerprint density at radius 2 is 1.80 bits per heavy atom. The van der Waals surface area contributed by atoms with Gasteiger partial charge in [-0.2, -0.15) is 5.10 Å². The molecule has 7 nitrogen and oxygen atoms in total. The molecule has 4 rings (SSSR count). The zero-order valence-corrected chi connectivity index (χ0v) is 19.8. The number of benzene rings is 3. The summed E-state index contributed by atoms with van der Waals surface area (Å²) in [5.74, 6) is -0.0818. The maximum atomic E-state index is 13.6. The van der Waals surface area contributed by atoms with Gasteiger partial charge in [0.1, 0.15) is 23.9 Å². The number of carbonyl (C=O) groups is 2. The number of hydrogen-bond donors (Lipinski definition) is 0. The molecule has 1 aliphatic heterocycles. The molecule has 1 heterocycles. The molecule has 0 spiro atoms. The third-order valence-corrected chi connectivity index (χ3v) is 5.86. The first-order valence-corrected chi connectivity index (χ1v) is 11.1. The zero-order valence-electron chi connectivity index (χ0n) is 19.8. The Morgan fingerprint density at radius 3 is 2.49 bits per heavy atom. The van der Waals surface area contributed by atoms with Crippen LogP contribution >= 0.6 is 0 Å². The number of halogens is 1. The Labute approximate surface area is 203 Å². The smallest absolute Gasteiger partial charge is 0.262 e. The van der Waals surface area contributed by atoms with Gasteiger partial charge in [0.25, 0.3) is 11.8 Å². The quantitative estimate of drug-likeness (QED) is 0.511. The Balaban J connectivity index is 1.62. The van der Waals surface area contributed by atoms with Crippen LogP contribution in [0.15, 0.2) is 77.9 Å². The van der Waals surface area contributed by atoms with Crippen molar-refractivity contribution in [2.45, 2.75) is 12.5 Å². The highest BCUT2D eigenvalue weighted by Crippen LogP contribution is 2.36. The summed E-state index contributed by atoms with van der Waals surface area (Å²) in [4.78, 5) is 27.4. The fourth-order valence-corrected chi connectivity index (χ4v) is 4.06. The van der Waals surface area contributed by atoms with E-state index < -0.39 is 11.7 Å². The summed E-state index contributed by atoms with van der Waals surface area (Å²) in [7, 11) is 4.66. The Kier molecular flexibility index (Phi) is 7.10. The molecule has 2 amide bonds. The number of methoxy groups -OCH3 is 2. The van der Waals surface area contributed by atoms with Crippen LogP contribution in [0, 0.1) is 5.82 Å². The highest BCUT2D eigenvalue weighted by atomic mass is 19.1. The van der Waals surface area contributed by atoms with E-state index in [4.69, 9.17) is 9.47 Å². The first-order valence-electron chi connectivity index (χ1n) is 11.1. The van der Waals surface area contributed by atoms with E-state index in [1.807, 2.05) is 42.5 Å². The first kappa shape index (κ1) is 23.9. The predicted molar refractivity (Wildman–Crippen MR) is 130 cm³/mol. The van der Waals surface area contributed by atoms with Gasteiger partial charge in [-0.25, -0.2) is 9.40 Å². The summed E-state index contributed by atoms with van der Waals surface area (Å²) >= 11 is 0. The third kappa shape index (κ3) is 5.16. The molecule has 0 saturated carbocycles. The Bertz CT molecular complexity index is 1260. The van der Waals surface area contributed by atoms with Crippen molar-refractivity contribution in [1.29, 1.82) is 0 Å². The lowest BCUT2D eigenvalue weighted by molar-refractivity contribution is -0.133. The monoisotopic (exact) mass is 475 g/mol. The SMILES string of the molecule is COc1ccc(C2=NN(C(=O)CN(C)C(=O)c3cccc(F)c3)[C@@H](c3ccccc3)C2)c(OC)c1. The lowest BCUT2D eigenvalue weighted by Crippen LogP contribution is -2.39. The van der Waals surface area contributed by atoms with E-state index >= 15 is 0 Å². The van der Waals surface area contributed by atoms with Crippen LogP contribution in [-0.2, 0) is 4.79 Å². The van der Waals surface area contributed by atoms with Crippen molar-refractivity contribution < 1.29 is 23.5 Å². The number of nitrogens with zero attached hydrogens (tertiary/aromatic N) is 3. The molecule has 3 aromatic carbocycles. The van der Waals surface area contributed by atoms with Gasteiger partial charge >= 0.3 is 0 Å². The lowest BCUT2D eigenvalue weighted by atomic mass is 9.98. The molecule has 0 fully saturated rings. The van der Waals surface area contributed by atoms with Gasteiger partial charge in [0.05, 0.1) is 26.0 Å². The molecule has 0 aliphatic carbocycles. The van der Waals surface area contributed by atoms with Gasteiger partial charge in [-0.1, -0.05) is 36.4 Å². The van der Waals surface area contributed by atoms with Crippen LogP contribution in [0.1, 0.15) is 33.9 Å². The van der Waals surface area contributed by atoms with E-state index in [-0.39, 0.29) is 24.1 Å². The molecule has 35 heavy (non-hydrogen) atoms. The van der Waals surface area contributed by atoms with Gasteiger partial charge in [0, 0.05) is 30.7 Å². The number of hydrogen-bond acceptors (Lipinski definition) is 5. The van der Waals surface area contributed by atoms with E-state index in [0.29, 0.717) is 23.6 Å². The van der Waals surface area contributed by atoms with Crippen LogP contribution in [0.5, 0.6) is 11.5 Å². The van der Waals surface area contributed by atoms with Crippen molar-refractivity contribution >= 4 is 17.5 Å². The van der Waals surface area contributed by atoms with Crippen molar-refractivity contribution in [2.75, 3.05) is 27.8 Å². The minimum atomic E-state index is -0.512. The third-order valence-electron chi connectivity index (χ3n) is 5.86. The van der Waals surface area contributed by atoms with Crippen LogP contribution in [0.25, 0.3) is 0 Å². The summed E-state index contributed by atoms with van der Waals surface area (Å²) in [5, 5.41) is 6.08. The largest absolute Gasteiger partial charge is 0.497 e. The van der Waals surface area contributed by atoms with Crippen LogP contribution in [0.4, 0.5) is 4.39 Å². The van der Waals surface area contributed by atoms with E-state index in [2.05, 4.69) is 5.10 Å². The van der Waals surface area contributed by atoms with Crippen LogP contribution in [0.2, 0.25) is 0 Å². The molecule has 0 aromatic heterocycles. The minimum Gasteiger partial charge on any atom is -0.497 e. The minimum absolute atomic E-state index is 0.175. The molecule has 180 valence electrons. The number of ether oxygens (including phenoxy) is 2. The summed E-state index contributed by atoms with van der Waals surface area (Å²) in [5.41, 5.74) is 2.54. The van der Waals surface area contributed by atoms with E-state index in [1.54, 1.807) is 20.3 Å². The molecular weight excluding hydrogens is 449 g/mol. The fraction of sp³-hybridized carbons (Fsp3) is 0.222. The average molecular weight is 476 g/mol. The molecule has 0 N–H and O–H groups in total. The number of likely N-dealkylation sites (N-methyl/N-ethyl adjacent to an activating group) is 1. The average Bonchev–Trinajstić information content (AvgIpc) is 3.33. The maximum absolute atomic E-state index is 13.6. The lowest BCUT2D eigenvalue weighted by Gasteiger charge is -2.25. The van der Waals surface area contributed by atoms with Crippen LogP contribution < -0.4 is 9.47 Å². The van der Waals surface area contributed by atoms with Crippen molar-refractivity contribution in [3.63, 3.8) is 0 Å². The maximum Gasteiger partial charge on any atom is 0.262 e. The fourth-order valence-electron chi connectivity index (χ4n) is 4.06. The number of carbonyl (C=O) groups excluding carboxylic acids is 2. The summed E-state index contributed by atoms with van der Waals surface area (Å²) in [6.45, 7) is -0.213. The van der Waals surface area contributed by atoms with Gasteiger partial charge in [0.2, 0.25) is 0 Å². The van der Waals surface area contributed by atoms with Gasteiger partial charge in [0.15, 0.2) is 0 Å². The van der Waals surface area contributed by atoms with Crippen molar-refractivity contribution in [3.05, 3.63) is 95.3 Å². The molecule has 0 radical (unpaired) electrons. The molecule has 0 saturated heterocycles. The van der Waals surface area contributed by atoms with Gasteiger partial charge in [-0.15, -0.1) is 0 Å². The summed E-state index contributed by atoms with van der Waals surface area (Å²) in [6.07, 6.45) is 0.472. The van der Waals surface area contributed by atoms with Gasteiger partial charge in [-0.3, -0.25) is 9.59 Å². The normalized spacial score (nSPS) is 14.9. The molecule has 3 aromatic rings. The number of rotatable bonds is 7. The predicted octanol–water partition coefficient (Wildman–Crippen LogP) is 4.29. The van der Waals surface area contributed by atoms with Crippen molar-refractivity contribution in [3.8, 4) is 11.5 Å². The highest BCUT2D eigenvalue weighted by Gasteiger charge is 2.34. The van der Waals surface area contributed by atoms with E-state index in [1.165, 1.54) is 35.2 Å². The summed E-state index contributed by atoms with van der Waals surface area (Å²) in [6, 6.07) is 20.1.